The number of rotatable bonds is 7. The predicted octanol–water partition coefficient (Wildman–Crippen LogP) is 4.45. The molecule has 0 fully saturated rings. The van der Waals surface area contributed by atoms with Gasteiger partial charge in [-0.3, -0.25) is 9.10 Å². The Labute approximate surface area is 166 Å². The van der Waals surface area contributed by atoms with Crippen LogP contribution >= 0.6 is 11.6 Å². The van der Waals surface area contributed by atoms with Gasteiger partial charge in [0.25, 0.3) is 0 Å². The first-order chi connectivity index (χ1) is 12.6. The monoisotopic (exact) mass is 408 g/mol. The largest absolute Gasteiger partial charge is 0.326 e. The number of benzene rings is 2. The molecular formula is C20H25ClN2O3S. The number of hydrogen-bond donors (Lipinski definition) is 1. The summed E-state index contributed by atoms with van der Waals surface area (Å²) in [5.41, 5.74) is 4.33. The molecule has 0 saturated carbocycles. The molecule has 0 radical (unpaired) electrons. The highest BCUT2D eigenvalue weighted by Crippen LogP contribution is 2.23. The van der Waals surface area contributed by atoms with Gasteiger partial charge in [-0.15, -0.1) is 0 Å². The molecule has 0 bridgehead atoms. The molecule has 1 amide bonds. The second kappa shape index (κ2) is 8.76. The van der Waals surface area contributed by atoms with Gasteiger partial charge in [-0.1, -0.05) is 23.7 Å². The zero-order chi connectivity index (χ0) is 20.2. The van der Waals surface area contributed by atoms with Crippen molar-refractivity contribution in [3.8, 4) is 0 Å². The van der Waals surface area contributed by atoms with Crippen LogP contribution in [-0.2, 0) is 14.8 Å². The first kappa shape index (κ1) is 21.3. The molecule has 2 aromatic carbocycles. The number of nitrogens with one attached hydrogen (secondary N) is 1. The third kappa shape index (κ3) is 5.97. The summed E-state index contributed by atoms with van der Waals surface area (Å²) in [4.78, 5) is 12.2. The summed E-state index contributed by atoms with van der Waals surface area (Å²) in [6.45, 7) is 6.05. The van der Waals surface area contributed by atoms with Gasteiger partial charge in [-0.05, 0) is 68.1 Å². The molecule has 7 heteroatoms. The SMILES string of the molecule is Cc1ccc(N(CCCC(=O)Nc2cc(Cl)ccc2C)S(C)(=O)=O)cc1C. The van der Waals surface area contributed by atoms with Gasteiger partial charge in [0, 0.05) is 23.7 Å². The van der Waals surface area contributed by atoms with Gasteiger partial charge >= 0.3 is 0 Å². The fraction of sp³-hybridized carbons (Fsp3) is 0.350. The van der Waals surface area contributed by atoms with E-state index in [-0.39, 0.29) is 18.9 Å². The lowest BCUT2D eigenvalue weighted by atomic mass is 10.1. The lowest BCUT2D eigenvalue weighted by molar-refractivity contribution is -0.116. The molecule has 0 atom stereocenters. The number of carbonyl (C=O) groups excluding carboxylic acids is 1. The van der Waals surface area contributed by atoms with Crippen molar-refractivity contribution in [3.05, 3.63) is 58.1 Å². The second-order valence-corrected chi connectivity index (χ2v) is 9.06. The zero-order valence-corrected chi connectivity index (χ0v) is 17.6. The minimum atomic E-state index is -3.43. The van der Waals surface area contributed by atoms with Gasteiger partial charge in [0.15, 0.2) is 0 Å². The van der Waals surface area contributed by atoms with Crippen molar-refractivity contribution >= 4 is 38.9 Å². The van der Waals surface area contributed by atoms with E-state index in [4.69, 9.17) is 11.6 Å². The van der Waals surface area contributed by atoms with Crippen LogP contribution in [0.1, 0.15) is 29.5 Å². The molecule has 0 aliphatic rings. The smallest absolute Gasteiger partial charge is 0.232 e. The predicted molar refractivity (Wildman–Crippen MR) is 112 cm³/mol. The number of sulfonamides is 1. The number of amides is 1. The van der Waals surface area contributed by atoms with Gasteiger partial charge in [0.2, 0.25) is 15.9 Å². The molecule has 5 nitrogen and oxygen atoms in total. The van der Waals surface area contributed by atoms with E-state index in [9.17, 15) is 13.2 Å². The van der Waals surface area contributed by atoms with Crippen LogP contribution in [0.25, 0.3) is 0 Å². The van der Waals surface area contributed by atoms with Crippen LogP contribution in [0.2, 0.25) is 5.02 Å². The highest BCUT2D eigenvalue weighted by Gasteiger charge is 2.18. The van der Waals surface area contributed by atoms with E-state index < -0.39 is 10.0 Å². The van der Waals surface area contributed by atoms with E-state index in [1.54, 1.807) is 18.2 Å². The summed E-state index contributed by atoms with van der Waals surface area (Å²) in [5.74, 6) is -0.172. The molecule has 0 spiro atoms. The van der Waals surface area contributed by atoms with E-state index >= 15 is 0 Å². The number of nitrogens with zero attached hydrogens (tertiary/aromatic N) is 1. The third-order valence-electron chi connectivity index (χ3n) is 4.42. The van der Waals surface area contributed by atoms with Crippen molar-refractivity contribution in [2.45, 2.75) is 33.6 Å². The molecule has 0 aliphatic heterocycles. The molecular weight excluding hydrogens is 384 g/mol. The van der Waals surface area contributed by atoms with Crippen LogP contribution in [0.5, 0.6) is 0 Å². The van der Waals surface area contributed by atoms with Crippen LogP contribution < -0.4 is 9.62 Å². The molecule has 2 aromatic rings. The number of hydrogen-bond acceptors (Lipinski definition) is 3. The Hall–Kier alpha value is -2.05. The van der Waals surface area contributed by atoms with E-state index in [1.165, 1.54) is 10.6 Å². The minimum Gasteiger partial charge on any atom is -0.326 e. The Balaban J connectivity index is 2.02. The van der Waals surface area contributed by atoms with E-state index in [0.29, 0.717) is 22.8 Å². The molecule has 0 aromatic heterocycles. The van der Waals surface area contributed by atoms with Crippen molar-refractivity contribution in [1.29, 1.82) is 0 Å². The number of anilines is 2. The van der Waals surface area contributed by atoms with Crippen molar-refractivity contribution in [3.63, 3.8) is 0 Å². The van der Waals surface area contributed by atoms with Gasteiger partial charge in [-0.2, -0.15) is 0 Å². The number of aryl methyl sites for hydroxylation is 3. The average Bonchev–Trinajstić information content (AvgIpc) is 2.56. The van der Waals surface area contributed by atoms with Crippen molar-refractivity contribution < 1.29 is 13.2 Å². The number of halogens is 1. The van der Waals surface area contributed by atoms with Crippen LogP contribution in [0, 0.1) is 20.8 Å². The standard InChI is InChI=1S/C20H25ClN2O3S/c1-14-8-10-18(12-16(14)3)23(27(4,25)26)11-5-6-20(24)22-19-13-17(21)9-7-15(19)2/h7-10,12-13H,5-6,11H2,1-4H3,(H,22,24). The maximum atomic E-state index is 12.2. The van der Waals surface area contributed by atoms with Crippen LogP contribution in [0.15, 0.2) is 36.4 Å². The zero-order valence-electron chi connectivity index (χ0n) is 16.0. The van der Waals surface area contributed by atoms with Gasteiger partial charge < -0.3 is 5.32 Å². The Bertz CT molecular complexity index is 942. The quantitative estimate of drug-likeness (QED) is 0.735. The number of carbonyl (C=O) groups is 1. The van der Waals surface area contributed by atoms with Crippen LogP contribution in [0.4, 0.5) is 11.4 Å². The Morgan fingerprint density at radius 2 is 1.70 bits per heavy atom. The Kier molecular flexibility index (Phi) is 6.89. The lowest BCUT2D eigenvalue weighted by Gasteiger charge is -2.23. The summed E-state index contributed by atoms with van der Waals surface area (Å²) >= 11 is 5.96. The molecule has 1 N–H and O–H groups in total. The first-order valence-corrected chi connectivity index (χ1v) is 10.9. The summed E-state index contributed by atoms with van der Waals surface area (Å²) in [6.07, 6.45) is 1.80. The van der Waals surface area contributed by atoms with Gasteiger partial charge in [-0.25, -0.2) is 8.42 Å². The normalized spacial score (nSPS) is 11.3. The summed E-state index contributed by atoms with van der Waals surface area (Å²) in [5, 5.41) is 3.38. The third-order valence-corrected chi connectivity index (χ3v) is 5.85. The lowest BCUT2D eigenvalue weighted by Crippen LogP contribution is -2.31. The fourth-order valence-corrected chi connectivity index (χ4v) is 3.82. The molecule has 0 aliphatic carbocycles. The van der Waals surface area contributed by atoms with Crippen molar-refractivity contribution in [2.75, 3.05) is 22.4 Å². The van der Waals surface area contributed by atoms with Gasteiger partial charge in [0.1, 0.15) is 0 Å². The topological polar surface area (TPSA) is 66.5 Å². The average molecular weight is 409 g/mol. The highest BCUT2D eigenvalue weighted by molar-refractivity contribution is 7.92. The molecule has 146 valence electrons. The van der Waals surface area contributed by atoms with Crippen molar-refractivity contribution in [1.82, 2.24) is 0 Å². The minimum absolute atomic E-state index is 0.172. The van der Waals surface area contributed by atoms with E-state index in [1.807, 2.05) is 39.0 Å². The molecule has 0 unspecified atom stereocenters. The van der Waals surface area contributed by atoms with Gasteiger partial charge in [0.05, 0.1) is 11.9 Å². The Morgan fingerprint density at radius 1 is 1.04 bits per heavy atom. The van der Waals surface area contributed by atoms with E-state index in [0.717, 1.165) is 16.7 Å². The molecule has 0 saturated heterocycles. The first-order valence-electron chi connectivity index (χ1n) is 8.69. The maximum Gasteiger partial charge on any atom is 0.232 e. The van der Waals surface area contributed by atoms with Crippen LogP contribution in [-0.4, -0.2) is 27.1 Å². The van der Waals surface area contributed by atoms with E-state index in [2.05, 4.69) is 5.32 Å². The highest BCUT2D eigenvalue weighted by atomic mass is 35.5. The Morgan fingerprint density at radius 3 is 2.33 bits per heavy atom. The maximum absolute atomic E-state index is 12.2. The summed E-state index contributed by atoms with van der Waals surface area (Å²) in [6, 6.07) is 10.8. The fourth-order valence-electron chi connectivity index (χ4n) is 2.69. The summed E-state index contributed by atoms with van der Waals surface area (Å²) < 4.78 is 25.7. The summed E-state index contributed by atoms with van der Waals surface area (Å²) in [7, 11) is -3.43. The molecule has 27 heavy (non-hydrogen) atoms. The molecule has 0 heterocycles. The van der Waals surface area contributed by atoms with Crippen LogP contribution in [0.3, 0.4) is 0 Å². The molecule has 2 rings (SSSR count). The second-order valence-electron chi connectivity index (χ2n) is 6.71. The van der Waals surface area contributed by atoms with Crippen molar-refractivity contribution in [2.24, 2.45) is 0 Å².